The molecule has 10 nitrogen and oxygen atoms in total. The molecular weight excluding hydrogens is 476 g/mol. The van der Waals surface area contributed by atoms with Crippen LogP contribution in [-0.4, -0.2) is 75.9 Å². The van der Waals surface area contributed by atoms with Crippen molar-refractivity contribution in [3.05, 3.63) is 59.7 Å². The molecule has 5 atom stereocenters. The van der Waals surface area contributed by atoms with Crippen LogP contribution in [0.4, 0.5) is 0 Å². The normalized spacial score (nSPS) is 26.3. The molecule has 12 heteroatoms. The predicted molar refractivity (Wildman–Crippen MR) is 115 cm³/mol. The third kappa shape index (κ3) is 5.97. The van der Waals surface area contributed by atoms with Crippen molar-refractivity contribution >= 4 is 20.2 Å². The van der Waals surface area contributed by atoms with Crippen LogP contribution in [0.25, 0.3) is 0 Å². The van der Waals surface area contributed by atoms with Crippen LogP contribution in [0.1, 0.15) is 11.1 Å². The van der Waals surface area contributed by atoms with E-state index in [-0.39, 0.29) is 9.79 Å². The van der Waals surface area contributed by atoms with Crippen LogP contribution in [0.5, 0.6) is 0 Å². The molecule has 2 aromatic rings. The fourth-order valence-corrected chi connectivity index (χ4v) is 5.29. The van der Waals surface area contributed by atoms with Crippen LogP contribution in [0.15, 0.2) is 58.3 Å². The van der Waals surface area contributed by atoms with Crippen LogP contribution >= 0.6 is 0 Å². The van der Waals surface area contributed by atoms with Crippen LogP contribution < -0.4 is 0 Å². The summed E-state index contributed by atoms with van der Waals surface area (Å²) in [5.41, 5.74) is 1.67. The molecule has 1 fully saturated rings. The van der Waals surface area contributed by atoms with Crippen molar-refractivity contribution in [3.8, 4) is 0 Å². The molecule has 3 N–H and O–H groups in total. The number of ether oxygens (including phenoxy) is 1. The molecule has 0 saturated carbocycles. The molecule has 2 aromatic carbocycles. The number of hydrogen-bond donors (Lipinski definition) is 3. The van der Waals surface area contributed by atoms with E-state index in [9.17, 15) is 32.2 Å². The van der Waals surface area contributed by atoms with Crippen molar-refractivity contribution in [2.75, 3.05) is 13.2 Å². The van der Waals surface area contributed by atoms with Gasteiger partial charge in [0.05, 0.1) is 23.0 Å². The Morgan fingerprint density at radius 2 is 1.27 bits per heavy atom. The molecule has 0 aromatic heterocycles. The van der Waals surface area contributed by atoms with Gasteiger partial charge < -0.3 is 20.1 Å². The topological polar surface area (TPSA) is 157 Å². The van der Waals surface area contributed by atoms with E-state index in [0.29, 0.717) is 0 Å². The highest BCUT2D eigenvalue weighted by Crippen LogP contribution is 2.28. The number of rotatable bonds is 8. The Morgan fingerprint density at radius 1 is 0.788 bits per heavy atom. The number of aryl methyl sites for hydroxylation is 2. The number of hydrogen-bond acceptors (Lipinski definition) is 10. The van der Waals surface area contributed by atoms with Gasteiger partial charge in [-0.3, -0.25) is 8.37 Å². The Bertz CT molecular complexity index is 1140. The molecule has 182 valence electrons. The summed E-state index contributed by atoms with van der Waals surface area (Å²) in [6, 6.07) is 11.6. The minimum absolute atomic E-state index is 0.108. The Kier molecular flexibility index (Phi) is 7.91. The average molecular weight is 503 g/mol. The van der Waals surface area contributed by atoms with E-state index in [1.165, 1.54) is 24.3 Å². The van der Waals surface area contributed by atoms with E-state index in [0.717, 1.165) is 11.1 Å². The van der Waals surface area contributed by atoms with Gasteiger partial charge in [-0.15, -0.1) is 0 Å². The molecule has 0 radical (unpaired) electrons. The van der Waals surface area contributed by atoms with Gasteiger partial charge in [0.2, 0.25) is 0 Å². The summed E-state index contributed by atoms with van der Waals surface area (Å²) in [6.45, 7) is 2.12. The van der Waals surface area contributed by atoms with Gasteiger partial charge in [0.1, 0.15) is 30.5 Å². The van der Waals surface area contributed by atoms with Crippen molar-refractivity contribution < 1.29 is 45.3 Å². The Labute approximate surface area is 192 Å². The Morgan fingerprint density at radius 3 is 1.76 bits per heavy atom. The fraction of sp³-hybridized carbons (Fsp3) is 0.429. The molecule has 1 aliphatic rings. The van der Waals surface area contributed by atoms with Crippen LogP contribution in [0.3, 0.4) is 0 Å². The summed E-state index contributed by atoms with van der Waals surface area (Å²) in [5, 5.41) is 30.6. The monoisotopic (exact) mass is 502 g/mol. The highest BCUT2D eigenvalue weighted by Gasteiger charge is 2.47. The van der Waals surface area contributed by atoms with E-state index in [4.69, 9.17) is 13.1 Å². The minimum atomic E-state index is -4.36. The lowest BCUT2D eigenvalue weighted by Gasteiger charge is -2.41. The van der Waals surface area contributed by atoms with E-state index in [1.807, 2.05) is 0 Å². The lowest BCUT2D eigenvalue weighted by Crippen LogP contribution is -2.60. The first-order valence-electron chi connectivity index (χ1n) is 10.0. The van der Waals surface area contributed by atoms with Gasteiger partial charge in [-0.1, -0.05) is 35.4 Å². The van der Waals surface area contributed by atoms with Crippen LogP contribution in [0.2, 0.25) is 0 Å². The van der Waals surface area contributed by atoms with Crippen LogP contribution in [-0.2, 0) is 33.3 Å². The van der Waals surface area contributed by atoms with E-state index >= 15 is 0 Å². The quantitative estimate of drug-likeness (QED) is 0.428. The van der Waals surface area contributed by atoms with Gasteiger partial charge in [0.25, 0.3) is 20.2 Å². The summed E-state index contributed by atoms with van der Waals surface area (Å²) >= 11 is 0. The fourth-order valence-electron chi connectivity index (χ4n) is 3.26. The maximum atomic E-state index is 12.6. The smallest absolute Gasteiger partial charge is 0.297 e. The molecule has 0 aliphatic carbocycles. The molecule has 0 spiro atoms. The molecule has 33 heavy (non-hydrogen) atoms. The zero-order chi connectivity index (χ0) is 24.4. The molecule has 3 rings (SSSR count). The minimum Gasteiger partial charge on any atom is -0.394 e. The third-order valence-electron chi connectivity index (χ3n) is 5.21. The maximum absolute atomic E-state index is 12.6. The maximum Gasteiger partial charge on any atom is 0.297 e. The molecule has 1 aliphatic heterocycles. The number of aliphatic hydroxyl groups is 3. The van der Waals surface area contributed by atoms with E-state index < -0.39 is 64.0 Å². The van der Waals surface area contributed by atoms with Gasteiger partial charge in [0, 0.05) is 0 Å². The molecule has 0 bridgehead atoms. The average Bonchev–Trinajstić information content (AvgIpc) is 2.77. The SMILES string of the molecule is Cc1ccc(S(=O)(=O)OC[C@H]2OC(CO)[C@H](OS(=O)(=O)c3ccc(C)cc3)[C@@H](O)[C@@H]2O)cc1. The Hall–Kier alpha value is -1.90. The molecule has 0 amide bonds. The van der Waals surface area contributed by atoms with E-state index in [1.54, 1.807) is 38.1 Å². The summed E-state index contributed by atoms with van der Waals surface area (Å²) < 4.78 is 65.4. The molecular formula is C21H26O10S2. The largest absolute Gasteiger partial charge is 0.394 e. The molecule has 1 saturated heterocycles. The second kappa shape index (κ2) is 10.2. The highest BCUT2D eigenvalue weighted by molar-refractivity contribution is 7.87. The lowest BCUT2D eigenvalue weighted by atomic mass is 9.95. The zero-order valence-electron chi connectivity index (χ0n) is 17.9. The van der Waals surface area contributed by atoms with Crippen molar-refractivity contribution in [1.29, 1.82) is 0 Å². The summed E-state index contributed by atoms with van der Waals surface area (Å²) in [6.07, 6.45) is -7.95. The number of benzene rings is 2. The molecule has 1 heterocycles. The van der Waals surface area contributed by atoms with Gasteiger partial charge in [0.15, 0.2) is 0 Å². The lowest BCUT2D eigenvalue weighted by molar-refractivity contribution is -0.226. The van der Waals surface area contributed by atoms with Crippen LogP contribution in [0, 0.1) is 13.8 Å². The van der Waals surface area contributed by atoms with Gasteiger partial charge in [-0.2, -0.15) is 16.8 Å². The van der Waals surface area contributed by atoms with E-state index in [2.05, 4.69) is 0 Å². The van der Waals surface area contributed by atoms with Gasteiger partial charge in [-0.05, 0) is 38.1 Å². The second-order valence-electron chi connectivity index (χ2n) is 7.76. The second-order valence-corrected chi connectivity index (χ2v) is 10.9. The first-order valence-corrected chi connectivity index (χ1v) is 12.8. The Balaban J connectivity index is 1.72. The van der Waals surface area contributed by atoms with Crippen molar-refractivity contribution in [2.24, 2.45) is 0 Å². The van der Waals surface area contributed by atoms with Crippen molar-refractivity contribution in [2.45, 2.75) is 54.2 Å². The summed E-state index contributed by atoms with van der Waals surface area (Å²) in [4.78, 5) is -0.288. The third-order valence-corrected chi connectivity index (χ3v) is 7.83. The van der Waals surface area contributed by atoms with Gasteiger partial charge in [-0.25, -0.2) is 0 Å². The summed E-state index contributed by atoms with van der Waals surface area (Å²) in [5.74, 6) is 0. The predicted octanol–water partition coefficient (Wildman–Crippen LogP) is 0.264. The zero-order valence-corrected chi connectivity index (χ0v) is 19.6. The number of aliphatic hydroxyl groups excluding tert-OH is 3. The summed E-state index contributed by atoms with van der Waals surface area (Å²) in [7, 11) is -8.54. The molecule has 1 unspecified atom stereocenters. The van der Waals surface area contributed by atoms with Crippen molar-refractivity contribution in [1.82, 2.24) is 0 Å². The van der Waals surface area contributed by atoms with Gasteiger partial charge >= 0.3 is 0 Å². The first kappa shape index (κ1) is 25.7. The van der Waals surface area contributed by atoms with Crippen molar-refractivity contribution in [3.63, 3.8) is 0 Å². The highest BCUT2D eigenvalue weighted by atomic mass is 32.2. The standard InChI is InChI=1S/C21H26O10S2/c1-13-3-7-15(8-4-13)32(25,26)29-12-18-19(23)20(24)21(17(11-22)30-18)31-33(27,28)16-9-5-14(2)6-10-16/h3-10,17-24H,11-12H2,1-2H3/t17?,18-,19-,20+,21+/m1/s1. The first-order chi connectivity index (χ1) is 15.4.